The molecule has 1 amide bonds. The van der Waals surface area contributed by atoms with Gasteiger partial charge < -0.3 is 19.1 Å². The molecule has 0 bridgehead atoms. The molecule has 2 saturated heterocycles. The van der Waals surface area contributed by atoms with Crippen LogP contribution in [0.1, 0.15) is 30.4 Å². The van der Waals surface area contributed by atoms with E-state index in [0.29, 0.717) is 26.3 Å². The summed E-state index contributed by atoms with van der Waals surface area (Å²) in [6, 6.07) is 13.9. The summed E-state index contributed by atoms with van der Waals surface area (Å²) in [5, 5.41) is 0. The lowest BCUT2D eigenvalue weighted by atomic mass is 9.82. The van der Waals surface area contributed by atoms with Crippen LogP contribution < -0.4 is 4.74 Å². The lowest BCUT2D eigenvalue weighted by molar-refractivity contribution is -0.108. The number of hydrogen-bond donors (Lipinski definition) is 0. The van der Waals surface area contributed by atoms with Crippen LogP contribution in [0.25, 0.3) is 11.1 Å². The highest BCUT2D eigenvalue weighted by Gasteiger charge is 2.41. The van der Waals surface area contributed by atoms with Gasteiger partial charge in [0.2, 0.25) is 0 Å². The Balaban J connectivity index is 1.22. The van der Waals surface area contributed by atoms with E-state index in [1.165, 1.54) is 11.8 Å². The summed E-state index contributed by atoms with van der Waals surface area (Å²) in [6.45, 7) is 2.27. The molecule has 1 spiro atoms. The second-order valence-electron chi connectivity index (χ2n) is 9.40. The molecule has 8 heteroatoms. The molecule has 3 aliphatic rings. The molecule has 0 aliphatic carbocycles. The highest BCUT2D eigenvalue weighted by molar-refractivity contribution is 7.89. The van der Waals surface area contributed by atoms with E-state index in [-0.39, 0.29) is 23.6 Å². The Morgan fingerprint density at radius 3 is 2.39 bits per heavy atom. The van der Waals surface area contributed by atoms with Crippen molar-refractivity contribution in [2.24, 2.45) is 0 Å². The lowest BCUT2D eigenvalue weighted by Gasteiger charge is -2.44. The van der Waals surface area contributed by atoms with Crippen LogP contribution in [0.3, 0.4) is 0 Å². The van der Waals surface area contributed by atoms with Gasteiger partial charge in [0.25, 0.3) is 0 Å². The molecule has 3 heterocycles. The van der Waals surface area contributed by atoms with Gasteiger partial charge in [-0.25, -0.2) is 13.2 Å². The number of benzene rings is 2. The van der Waals surface area contributed by atoms with Crippen molar-refractivity contribution in [1.82, 2.24) is 4.90 Å². The Hall–Kier alpha value is -2.58. The molecular formula is C25H29NO6S. The average molecular weight is 472 g/mol. The Morgan fingerprint density at radius 1 is 1.06 bits per heavy atom. The summed E-state index contributed by atoms with van der Waals surface area (Å²) in [5.74, 6) is 0.971. The third-order valence-electron chi connectivity index (χ3n) is 6.76. The maximum atomic E-state index is 12.3. The molecule has 2 aromatic rings. The Labute approximate surface area is 194 Å². The molecule has 176 valence electrons. The van der Waals surface area contributed by atoms with Crippen LogP contribution in [-0.4, -0.2) is 63.7 Å². The van der Waals surface area contributed by atoms with Crippen LogP contribution in [0.4, 0.5) is 4.79 Å². The number of hydrogen-bond acceptors (Lipinski definition) is 6. The van der Waals surface area contributed by atoms with Gasteiger partial charge in [-0.3, -0.25) is 0 Å². The molecule has 2 fully saturated rings. The number of amides is 1. The quantitative estimate of drug-likeness (QED) is 0.678. The zero-order valence-corrected chi connectivity index (χ0v) is 19.6. The third kappa shape index (κ3) is 5.01. The summed E-state index contributed by atoms with van der Waals surface area (Å²) >= 11 is 0. The van der Waals surface area contributed by atoms with Gasteiger partial charge in [-0.1, -0.05) is 30.3 Å². The molecule has 0 atom stereocenters. The molecule has 0 aromatic heterocycles. The Kier molecular flexibility index (Phi) is 5.82. The fraction of sp³-hybridized carbons (Fsp3) is 0.480. The van der Waals surface area contributed by atoms with Crippen molar-refractivity contribution in [3.05, 3.63) is 53.6 Å². The summed E-state index contributed by atoms with van der Waals surface area (Å²) in [5.41, 5.74) is 3.90. The summed E-state index contributed by atoms with van der Waals surface area (Å²) in [6.07, 6.45) is 4.35. The van der Waals surface area contributed by atoms with Crippen molar-refractivity contribution in [3.63, 3.8) is 0 Å². The molecule has 2 aromatic carbocycles. The molecular weight excluding hydrogens is 442 g/mol. The first-order valence-corrected chi connectivity index (χ1v) is 13.5. The minimum Gasteiger partial charge on any atom is -0.487 e. The molecule has 7 nitrogen and oxygen atoms in total. The van der Waals surface area contributed by atoms with E-state index in [0.717, 1.165) is 48.1 Å². The Morgan fingerprint density at radius 2 is 1.76 bits per heavy atom. The van der Waals surface area contributed by atoms with Crippen LogP contribution in [0.2, 0.25) is 0 Å². The van der Waals surface area contributed by atoms with Gasteiger partial charge in [-0.2, -0.15) is 0 Å². The normalized spacial score (nSPS) is 20.0. The van der Waals surface area contributed by atoms with E-state index >= 15 is 0 Å². The molecule has 0 saturated carbocycles. The van der Waals surface area contributed by atoms with Crippen molar-refractivity contribution >= 4 is 15.9 Å². The van der Waals surface area contributed by atoms with Gasteiger partial charge in [0.15, 0.2) is 15.9 Å². The first-order valence-electron chi connectivity index (χ1n) is 11.4. The fourth-order valence-corrected chi connectivity index (χ4v) is 5.54. The van der Waals surface area contributed by atoms with Crippen LogP contribution in [0.15, 0.2) is 42.5 Å². The first-order chi connectivity index (χ1) is 15.8. The number of carbonyl (C=O) groups is 1. The molecule has 0 N–H and O–H groups in total. The smallest absolute Gasteiger partial charge is 0.410 e. The highest BCUT2D eigenvalue weighted by atomic mass is 32.2. The van der Waals surface area contributed by atoms with E-state index in [9.17, 15) is 13.2 Å². The van der Waals surface area contributed by atoms with Crippen molar-refractivity contribution in [3.8, 4) is 16.9 Å². The number of rotatable bonds is 4. The maximum Gasteiger partial charge on any atom is 0.410 e. The third-order valence-corrected chi connectivity index (χ3v) is 7.62. The van der Waals surface area contributed by atoms with Gasteiger partial charge in [-0.05, 0) is 47.2 Å². The number of sulfone groups is 1. The van der Waals surface area contributed by atoms with Crippen molar-refractivity contribution in [2.45, 2.75) is 43.1 Å². The SMILES string of the molecule is CS(=O)(=O)Cc1ccc(-c2ccc3c(c2)CCC2(CCN(C(=O)OC4COC4)CC2)O3)cc1. The van der Waals surface area contributed by atoms with E-state index in [2.05, 4.69) is 12.1 Å². The van der Waals surface area contributed by atoms with Crippen LogP contribution in [0.5, 0.6) is 5.75 Å². The highest BCUT2D eigenvalue weighted by Crippen LogP contribution is 2.41. The van der Waals surface area contributed by atoms with Gasteiger partial charge in [-0.15, -0.1) is 0 Å². The topological polar surface area (TPSA) is 82.1 Å². The molecule has 0 unspecified atom stereocenters. The molecule has 5 rings (SSSR count). The molecule has 33 heavy (non-hydrogen) atoms. The maximum absolute atomic E-state index is 12.3. The number of ether oxygens (including phenoxy) is 3. The minimum absolute atomic E-state index is 0.0531. The van der Waals surface area contributed by atoms with E-state index in [4.69, 9.17) is 14.2 Å². The summed E-state index contributed by atoms with van der Waals surface area (Å²) < 4.78 is 40.0. The van der Waals surface area contributed by atoms with Crippen LogP contribution >= 0.6 is 0 Å². The van der Waals surface area contributed by atoms with Gasteiger partial charge in [0.05, 0.1) is 19.0 Å². The standard InChI is InChI=1S/C25H29NO6S/c1-33(28,29)17-18-2-4-19(5-3-18)20-6-7-23-21(14-20)8-9-25(32-23)10-12-26(13-11-25)24(27)31-22-15-30-16-22/h2-7,14,22H,8-13,15-17H2,1H3. The summed E-state index contributed by atoms with van der Waals surface area (Å²) in [4.78, 5) is 14.1. The lowest BCUT2D eigenvalue weighted by Crippen LogP contribution is -2.52. The second-order valence-corrected chi connectivity index (χ2v) is 11.5. The van der Waals surface area contributed by atoms with E-state index < -0.39 is 9.84 Å². The average Bonchev–Trinajstić information content (AvgIpc) is 2.76. The van der Waals surface area contributed by atoms with Gasteiger partial charge in [0.1, 0.15) is 11.4 Å². The number of carbonyl (C=O) groups excluding carboxylic acids is 1. The number of aryl methyl sites for hydroxylation is 1. The van der Waals surface area contributed by atoms with Crippen LogP contribution in [0, 0.1) is 0 Å². The molecule has 0 radical (unpaired) electrons. The largest absolute Gasteiger partial charge is 0.487 e. The predicted molar refractivity (Wildman–Crippen MR) is 124 cm³/mol. The van der Waals surface area contributed by atoms with Crippen molar-refractivity contribution in [1.29, 1.82) is 0 Å². The van der Waals surface area contributed by atoms with Crippen molar-refractivity contribution < 1.29 is 27.4 Å². The van der Waals surface area contributed by atoms with Crippen molar-refractivity contribution in [2.75, 3.05) is 32.6 Å². The van der Waals surface area contributed by atoms with Crippen LogP contribution in [-0.2, 0) is 31.5 Å². The van der Waals surface area contributed by atoms with Gasteiger partial charge in [0, 0.05) is 32.2 Å². The van der Waals surface area contributed by atoms with E-state index in [1.54, 1.807) is 4.90 Å². The van der Waals surface area contributed by atoms with E-state index in [1.807, 2.05) is 30.3 Å². The monoisotopic (exact) mass is 471 g/mol. The number of fused-ring (bicyclic) bond motifs is 1. The number of likely N-dealkylation sites (tertiary alicyclic amines) is 1. The number of piperidine rings is 1. The zero-order valence-electron chi connectivity index (χ0n) is 18.8. The first kappa shape index (κ1) is 22.2. The molecule has 3 aliphatic heterocycles. The minimum atomic E-state index is -3.04. The Bertz CT molecular complexity index is 1130. The zero-order chi connectivity index (χ0) is 23.1. The fourth-order valence-electron chi connectivity index (χ4n) is 4.74. The summed E-state index contributed by atoms with van der Waals surface area (Å²) in [7, 11) is -3.04. The predicted octanol–water partition coefficient (Wildman–Crippen LogP) is 3.59. The second kappa shape index (κ2) is 8.65. The van der Waals surface area contributed by atoms with Gasteiger partial charge >= 0.3 is 6.09 Å². The number of nitrogens with zero attached hydrogens (tertiary/aromatic N) is 1.